The van der Waals surface area contributed by atoms with Gasteiger partial charge in [0.05, 0.1) is 21.6 Å². The summed E-state index contributed by atoms with van der Waals surface area (Å²) in [5, 5.41) is 23.8. The quantitative estimate of drug-likeness (QED) is 0.556. The van der Waals surface area contributed by atoms with Crippen molar-refractivity contribution in [1.29, 1.82) is 0 Å². The minimum atomic E-state index is -0.843. The number of anilines is 1. The van der Waals surface area contributed by atoms with Gasteiger partial charge in [-0.25, -0.2) is 4.98 Å². The van der Waals surface area contributed by atoms with Crippen molar-refractivity contribution >= 4 is 34.4 Å². The number of H-pyrrole nitrogens is 1. The smallest absolute Gasteiger partial charge is 0.271 e. The summed E-state index contributed by atoms with van der Waals surface area (Å²) in [6.45, 7) is 2.08. The summed E-state index contributed by atoms with van der Waals surface area (Å²) >= 11 is 1.56. The number of nitro benzene ring substituents is 1. The van der Waals surface area contributed by atoms with E-state index in [1.54, 1.807) is 24.8 Å². The first kappa shape index (κ1) is 14.6. The molecule has 1 aromatic heterocycles. The van der Waals surface area contributed by atoms with Crippen molar-refractivity contribution in [2.75, 3.05) is 23.9 Å². The Hall–Kier alpha value is -1.80. The van der Waals surface area contributed by atoms with Gasteiger partial charge in [-0.3, -0.25) is 10.1 Å². The molecular weight excluding hydrogens is 280 g/mol. The molecule has 1 unspecified atom stereocenters. The van der Waals surface area contributed by atoms with E-state index in [1.807, 2.05) is 6.26 Å². The van der Waals surface area contributed by atoms with E-state index >= 15 is 0 Å². The molecule has 0 saturated heterocycles. The van der Waals surface area contributed by atoms with Crippen molar-refractivity contribution in [1.82, 2.24) is 9.97 Å². The summed E-state index contributed by atoms with van der Waals surface area (Å²) in [7, 11) is 0. The highest BCUT2D eigenvalue weighted by molar-refractivity contribution is 7.98. The average molecular weight is 296 g/mol. The number of hydrogen-bond acceptors (Lipinski definition) is 6. The van der Waals surface area contributed by atoms with Gasteiger partial charge in [-0.2, -0.15) is 11.8 Å². The van der Waals surface area contributed by atoms with Crippen LogP contribution in [0.4, 0.5) is 11.6 Å². The molecule has 2 aromatic rings. The van der Waals surface area contributed by atoms with Crippen molar-refractivity contribution in [3.8, 4) is 0 Å². The first-order valence-electron chi connectivity index (χ1n) is 6.01. The summed E-state index contributed by atoms with van der Waals surface area (Å²) < 4.78 is 0. The van der Waals surface area contributed by atoms with Crippen LogP contribution in [-0.2, 0) is 0 Å². The van der Waals surface area contributed by atoms with E-state index < -0.39 is 10.5 Å². The predicted octanol–water partition coefficient (Wildman–Crippen LogP) is 2.00. The van der Waals surface area contributed by atoms with Gasteiger partial charge in [-0.15, -0.1) is 0 Å². The molecule has 1 heterocycles. The van der Waals surface area contributed by atoms with Crippen molar-refractivity contribution in [3.63, 3.8) is 0 Å². The Morgan fingerprint density at radius 2 is 2.35 bits per heavy atom. The largest absolute Gasteiger partial charge is 0.387 e. The Kier molecular flexibility index (Phi) is 4.15. The number of rotatable bonds is 6. The fraction of sp³-hybridized carbons (Fsp3) is 0.417. The highest BCUT2D eigenvalue weighted by Crippen LogP contribution is 2.21. The molecule has 0 saturated carbocycles. The van der Waals surface area contributed by atoms with Gasteiger partial charge in [0, 0.05) is 24.4 Å². The highest BCUT2D eigenvalue weighted by Gasteiger charge is 2.20. The Morgan fingerprint density at radius 3 is 3.00 bits per heavy atom. The third-order valence-electron chi connectivity index (χ3n) is 2.77. The summed E-state index contributed by atoms with van der Waals surface area (Å²) in [6, 6.07) is 4.44. The number of aromatic nitrogens is 2. The Bertz CT molecular complexity index is 626. The van der Waals surface area contributed by atoms with Crippen LogP contribution in [0.1, 0.15) is 6.92 Å². The van der Waals surface area contributed by atoms with Crippen LogP contribution in [-0.4, -0.2) is 44.2 Å². The molecule has 7 nitrogen and oxygen atoms in total. The maximum atomic E-state index is 10.7. The minimum Gasteiger partial charge on any atom is -0.387 e. The second-order valence-electron chi connectivity index (χ2n) is 4.83. The zero-order valence-electron chi connectivity index (χ0n) is 11.2. The van der Waals surface area contributed by atoms with Crippen molar-refractivity contribution < 1.29 is 10.0 Å². The van der Waals surface area contributed by atoms with Gasteiger partial charge in [-0.1, -0.05) is 0 Å². The molecule has 0 radical (unpaired) electrons. The third-order valence-corrected chi connectivity index (χ3v) is 3.68. The molecule has 0 aliphatic heterocycles. The number of nitrogens with one attached hydrogen (secondary N) is 2. The number of imidazole rings is 1. The van der Waals surface area contributed by atoms with E-state index in [0.717, 1.165) is 0 Å². The lowest BCUT2D eigenvalue weighted by Gasteiger charge is -2.22. The summed E-state index contributed by atoms with van der Waals surface area (Å²) in [5.41, 5.74) is 0.403. The Labute approximate surface area is 119 Å². The fourth-order valence-corrected chi connectivity index (χ4v) is 2.55. The van der Waals surface area contributed by atoms with E-state index in [0.29, 0.717) is 29.3 Å². The number of nitrogens with zero attached hydrogens (tertiary/aromatic N) is 2. The second-order valence-corrected chi connectivity index (χ2v) is 5.69. The molecule has 0 aliphatic carbocycles. The number of nitro groups is 1. The monoisotopic (exact) mass is 296 g/mol. The maximum absolute atomic E-state index is 10.7. The van der Waals surface area contributed by atoms with Crippen molar-refractivity contribution in [2.45, 2.75) is 12.5 Å². The summed E-state index contributed by atoms with van der Waals surface area (Å²) in [4.78, 5) is 17.5. The highest BCUT2D eigenvalue weighted by atomic mass is 32.2. The van der Waals surface area contributed by atoms with Crippen LogP contribution in [0.5, 0.6) is 0 Å². The van der Waals surface area contributed by atoms with Gasteiger partial charge in [-0.05, 0) is 19.2 Å². The molecule has 0 amide bonds. The second kappa shape index (κ2) is 5.68. The molecule has 0 spiro atoms. The first-order valence-corrected chi connectivity index (χ1v) is 7.40. The van der Waals surface area contributed by atoms with Crippen LogP contribution in [0.2, 0.25) is 0 Å². The van der Waals surface area contributed by atoms with E-state index in [1.165, 1.54) is 12.1 Å². The third kappa shape index (κ3) is 3.40. The zero-order valence-corrected chi connectivity index (χ0v) is 12.0. The van der Waals surface area contributed by atoms with Gasteiger partial charge >= 0.3 is 0 Å². The van der Waals surface area contributed by atoms with Crippen LogP contribution in [0.3, 0.4) is 0 Å². The maximum Gasteiger partial charge on any atom is 0.271 e. The Balaban J connectivity index is 2.14. The fourth-order valence-electron chi connectivity index (χ4n) is 1.83. The number of non-ortho nitro benzene ring substituents is 1. The lowest BCUT2D eigenvalue weighted by Crippen LogP contribution is -2.36. The molecule has 2 rings (SSSR count). The molecule has 0 bridgehead atoms. The van der Waals surface area contributed by atoms with Crippen LogP contribution in [0, 0.1) is 10.1 Å². The van der Waals surface area contributed by atoms with Crippen molar-refractivity contribution in [2.24, 2.45) is 0 Å². The molecule has 8 heteroatoms. The van der Waals surface area contributed by atoms with Gasteiger partial charge in [0.15, 0.2) is 0 Å². The zero-order chi connectivity index (χ0) is 14.8. The normalized spacial score (nSPS) is 14.2. The molecule has 1 atom stereocenters. The molecule has 1 aromatic carbocycles. The standard InChI is InChI=1S/C12H16N4O3S/c1-12(17,7-20-2)6-13-11-14-9-4-3-8(16(18)19)5-10(9)15-11/h3-5,17H,6-7H2,1-2H3,(H2,13,14,15). The molecule has 108 valence electrons. The van der Waals surface area contributed by atoms with Gasteiger partial charge in [0.1, 0.15) is 0 Å². The summed E-state index contributed by atoms with van der Waals surface area (Å²) in [5.74, 6) is 1.09. The molecular formula is C12H16N4O3S. The van der Waals surface area contributed by atoms with Gasteiger partial charge in [0.2, 0.25) is 5.95 Å². The topological polar surface area (TPSA) is 104 Å². The lowest BCUT2D eigenvalue weighted by atomic mass is 10.1. The number of benzene rings is 1. The Morgan fingerprint density at radius 1 is 1.60 bits per heavy atom. The van der Waals surface area contributed by atoms with Gasteiger partial charge < -0.3 is 15.4 Å². The van der Waals surface area contributed by atoms with E-state index in [-0.39, 0.29) is 5.69 Å². The number of aromatic amines is 1. The van der Waals surface area contributed by atoms with E-state index in [9.17, 15) is 15.2 Å². The van der Waals surface area contributed by atoms with Crippen LogP contribution in [0.25, 0.3) is 11.0 Å². The molecule has 0 aliphatic rings. The lowest BCUT2D eigenvalue weighted by molar-refractivity contribution is -0.384. The first-order chi connectivity index (χ1) is 9.41. The average Bonchev–Trinajstić information content (AvgIpc) is 2.78. The SMILES string of the molecule is CSCC(C)(O)CNc1nc2ccc([N+](=O)[O-])cc2[nH]1. The molecule has 20 heavy (non-hydrogen) atoms. The van der Waals surface area contributed by atoms with E-state index in [2.05, 4.69) is 15.3 Å². The van der Waals surface area contributed by atoms with Gasteiger partial charge in [0.25, 0.3) is 5.69 Å². The van der Waals surface area contributed by atoms with Crippen molar-refractivity contribution in [3.05, 3.63) is 28.3 Å². The van der Waals surface area contributed by atoms with Crippen LogP contribution >= 0.6 is 11.8 Å². The van der Waals surface area contributed by atoms with Crippen LogP contribution in [0.15, 0.2) is 18.2 Å². The number of thioether (sulfide) groups is 1. The molecule has 3 N–H and O–H groups in total. The minimum absolute atomic E-state index is 0.0158. The number of hydrogen-bond donors (Lipinski definition) is 3. The number of aliphatic hydroxyl groups is 1. The van der Waals surface area contributed by atoms with Crippen LogP contribution < -0.4 is 5.32 Å². The number of fused-ring (bicyclic) bond motifs is 1. The molecule has 0 fully saturated rings. The predicted molar refractivity (Wildman–Crippen MR) is 80.2 cm³/mol. The summed E-state index contributed by atoms with van der Waals surface area (Å²) in [6.07, 6.45) is 1.93. The van der Waals surface area contributed by atoms with E-state index in [4.69, 9.17) is 0 Å².